The van der Waals surface area contributed by atoms with Crippen LogP contribution in [-0.2, 0) is 9.53 Å². The van der Waals surface area contributed by atoms with E-state index >= 15 is 0 Å². The maximum atomic E-state index is 12.9. The predicted molar refractivity (Wildman–Crippen MR) is 132 cm³/mol. The van der Waals surface area contributed by atoms with Crippen LogP contribution in [0, 0.1) is 44.8 Å². The molecule has 0 aromatic rings. The highest BCUT2D eigenvalue weighted by Crippen LogP contribution is 2.89. The van der Waals surface area contributed by atoms with Gasteiger partial charge in [-0.05, 0) is 112 Å². The van der Waals surface area contributed by atoms with E-state index in [0.717, 1.165) is 38.5 Å². The molecule has 4 nitrogen and oxygen atoms in total. The molecule has 1 aliphatic heterocycles. The summed E-state index contributed by atoms with van der Waals surface area (Å²) in [4.78, 5) is 12.9. The van der Waals surface area contributed by atoms with Gasteiger partial charge in [-0.15, -0.1) is 0 Å². The summed E-state index contributed by atoms with van der Waals surface area (Å²) in [5.74, 6) is 1.76. The summed E-state index contributed by atoms with van der Waals surface area (Å²) in [6.07, 6.45) is 10.1. The highest BCUT2D eigenvalue weighted by molar-refractivity contribution is 5.86. The maximum absolute atomic E-state index is 12.9. The number of rotatable bonds is 2. The van der Waals surface area contributed by atoms with E-state index in [0.29, 0.717) is 28.4 Å². The zero-order chi connectivity index (χ0) is 24.7. The lowest BCUT2D eigenvalue weighted by Crippen LogP contribution is -2.59. The summed E-state index contributed by atoms with van der Waals surface area (Å²) in [7, 11) is 0. The van der Waals surface area contributed by atoms with Crippen LogP contribution in [0.5, 0.6) is 0 Å². The molecule has 0 radical (unpaired) electrons. The number of ether oxygens (including phenoxy) is 1. The third-order valence-electron chi connectivity index (χ3n) is 13.6. The molecule has 2 N–H and O–H groups in total. The van der Waals surface area contributed by atoms with Crippen molar-refractivity contribution in [2.45, 2.75) is 136 Å². The van der Waals surface area contributed by atoms with Crippen molar-refractivity contribution in [3.05, 3.63) is 0 Å². The first kappa shape index (κ1) is 23.9. The third-order valence-corrected chi connectivity index (χ3v) is 13.6. The maximum Gasteiger partial charge on any atom is 0.138 e. The first-order chi connectivity index (χ1) is 15.6. The Labute approximate surface area is 206 Å². The summed E-state index contributed by atoms with van der Waals surface area (Å²) < 4.78 is 6.67. The van der Waals surface area contributed by atoms with Gasteiger partial charge in [0.25, 0.3) is 0 Å². The summed E-state index contributed by atoms with van der Waals surface area (Å²) in [5.41, 5.74) is -0.560. The number of ketones is 1. The van der Waals surface area contributed by atoms with Crippen LogP contribution in [0.4, 0.5) is 0 Å². The quantitative estimate of drug-likeness (QED) is 0.543. The number of hydrogen-bond acceptors (Lipinski definition) is 4. The Morgan fingerprint density at radius 3 is 2.18 bits per heavy atom. The number of Topliss-reactive ketones (excluding diaryl/α,β-unsaturated/α-hetero) is 1. The average molecular weight is 473 g/mol. The molecular weight excluding hydrogens is 424 g/mol. The van der Waals surface area contributed by atoms with Crippen LogP contribution < -0.4 is 0 Å². The van der Waals surface area contributed by atoms with E-state index in [1.165, 1.54) is 25.7 Å². The van der Waals surface area contributed by atoms with E-state index < -0.39 is 11.2 Å². The Kier molecular flexibility index (Phi) is 4.58. The molecule has 6 fully saturated rings. The molecule has 1 heterocycles. The van der Waals surface area contributed by atoms with Gasteiger partial charge in [-0.2, -0.15) is 0 Å². The number of aliphatic hydroxyl groups excluding tert-OH is 1. The standard InChI is InChI=1S/C30H48O4/c1-24(2)19-8-9-20-27(6)16-18(31)23(28(7)12-11-22(34-28)25(3,4)33)26(27,5)14-15-30(20)17-29(19,30)13-10-21(24)32/h18-20,22-23,31,33H,8-17H2,1-7H3/t18-,19-,20+,22+,23+,26+,27+,28+,29-,30+/m0/s1. The minimum atomic E-state index is -0.855. The summed E-state index contributed by atoms with van der Waals surface area (Å²) in [6, 6.07) is 0. The highest BCUT2D eigenvalue weighted by Gasteiger charge is 2.83. The number of carbonyl (C=O) groups is 1. The third kappa shape index (κ3) is 2.55. The molecule has 5 saturated carbocycles. The summed E-state index contributed by atoms with van der Waals surface area (Å²) >= 11 is 0. The van der Waals surface area contributed by atoms with Crippen molar-refractivity contribution in [3.63, 3.8) is 0 Å². The smallest absolute Gasteiger partial charge is 0.138 e. The molecule has 4 heteroatoms. The van der Waals surface area contributed by atoms with Crippen molar-refractivity contribution in [1.82, 2.24) is 0 Å². The lowest BCUT2D eigenvalue weighted by molar-refractivity contribution is -0.192. The Bertz CT molecular complexity index is 919. The van der Waals surface area contributed by atoms with E-state index in [1.807, 2.05) is 13.8 Å². The Morgan fingerprint density at radius 1 is 0.882 bits per heavy atom. The number of hydrogen-bond donors (Lipinski definition) is 2. The number of fused-ring (bicyclic) bond motifs is 2. The van der Waals surface area contributed by atoms with Crippen molar-refractivity contribution in [1.29, 1.82) is 0 Å². The molecule has 0 aromatic heterocycles. The van der Waals surface area contributed by atoms with Crippen molar-refractivity contribution < 1.29 is 19.7 Å². The molecule has 2 spiro atoms. The Balaban J connectivity index is 1.35. The van der Waals surface area contributed by atoms with E-state index in [-0.39, 0.29) is 34.4 Å². The highest BCUT2D eigenvalue weighted by atomic mass is 16.5. The van der Waals surface area contributed by atoms with Crippen LogP contribution in [0.2, 0.25) is 0 Å². The minimum Gasteiger partial charge on any atom is -0.393 e. The summed E-state index contributed by atoms with van der Waals surface area (Å²) in [6.45, 7) is 15.4. The number of carbonyl (C=O) groups excluding carboxylic acids is 1. The van der Waals surface area contributed by atoms with E-state index in [1.54, 1.807) is 0 Å². The van der Waals surface area contributed by atoms with Gasteiger partial charge in [-0.1, -0.05) is 27.7 Å². The molecule has 0 aromatic carbocycles. The average Bonchev–Trinajstić information content (AvgIpc) is 3.11. The zero-order valence-corrected chi connectivity index (χ0v) is 22.7. The van der Waals surface area contributed by atoms with Crippen molar-refractivity contribution in [2.24, 2.45) is 44.8 Å². The molecule has 192 valence electrons. The molecule has 10 atom stereocenters. The van der Waals surface area contributed by atoms with Crippen LogP contribution in [0.15, 0.2) is 0 Å². The van der Waals surface area contributed by atoms with Gasteiger partial charge in [0.1, 0.15) is 5.78 Å². The van der Waals surface area contributed by atoms with Gasteiger partial charge < -0.3 is 14.9 Å². The molecule has 0 bridgehead atoms. The lowest BCUT2D eigenvalue weighted by atomic mass is 9.41. The fourth-order valence-corrected chi connectivity index (χ4v) is 11.9. The van der Waals surface area contributed by atoms with Crippen LogP contribution in [0.25, 0.3) is 0 Å². The second kappa shape index (κ2) is 6.51. The second-order valence-corrected chi connectivity index (χ2v) is 15.5. The molecular formula is C30H48O4. The Hall–Kier alpha value is -0.450. The molecule has 6 rings (SSSR count). The molecule has 5 aliphatic carbocycles. The van der Waals surface area contributed by atoms with Gasteiger partial charge in [0.15, 0.2) is 0 Å². The van der Waals surface area contributed by atoms with Crippen molar-refractivity contribution in [2.75, 3.05) is 0 Å². The van der Waals surface area contributed by atoms with Crippen molar-refractivity contribution >= 4 is 5.78 Å². The van der Waals surface area contributed by atoms with E-state index in [9.17, 15) is 15.0 Å². The van der Waals surface area contributed by atoms with E-state index in [2.05, 4.69) is 34.6 Å². The molecule has 34 heavy (non-hydrogen) atoms. The predicted octanol–water partition coefficient (Wildman–Crippen LogP) is 5.67. The first-order valence-corrected chi connectivity index (χ1v) is 14.2. The van der Waals surface area contributed by atoms with Gasteiger partial charge in [0, 0.05) is 17.8 Å². The normalized spacial score (nSPS) is 58.0. The minimum absolute atomic E-state index is 0.0300. The SMILES string of the molecule is CC(C)(O)[C@H]1CC[C@](C)([C@@H]2[C@@H](O)C[C@]3(C)[C@H]4CC[C@H]5C(C)(C)C(=O)CC[C@]56C[C@]46CC[C@]23C)O1. The fourth-order valence-electron chi connectivity index (χ4n) is 11.9. The molecule has 1 saturated heterocycles. The molecule has 6 aliphatic rings. The van der Waals surface area contributed by atoms with Crippen LogP contribution in [-0.4, -0.2) is 39.4 Å². The molecule has 0 unspecified atom stereocenters. The van der Waals surface area contributed by atoms with Gasteiger partial charge in [0.05, 0.1) is 23.4 Å². The fraction of sp³-hybridized carbons (Fsp3) is 0.967. The monoisotopic (exact) mass is 472 g/mol. The first-order valence-electron chi connectivity index (χ1n) is 14.2. The van der Waals surface area contributed by atoms with Gasteiger partial charge in [0.2, 0.25) is 0 Å². The van der Waals surface area contributed by atoms with Crippen molar-refractivity contribution in [3.8, 4) is 0 Å². The Morgan fingerprint density at radius 2 is 1.53 bits per heavy atom. The number of aliphatic hydroxyl groups is 2. The van der Waals surface area contributed by atoms with E-state index in [4.69, 9.17) is 4.74 Å². The topological polar surface area (TPSA) is 66.8 Å². The summed E-state index contributed by atoms with van der Waals surface area (Å²) in [5, 5.41) is 22.4. The molecule has 0 amide bonds. The van der Waals surface area contributed by atoms with Gasteiger partial charge in [-0.3, -0.25) is 4.79 Å². The van der Waals surface area contributed by atoms with Gasteiger partial charge >= 0.3 is 0 Å². The zero-order valence-electron chi connectivity index (χ0n) is 22.7. The largest absolute Gasteiger partial charge is 0.393 e. The lowest BCUT2D eigenvalue weighted by Gasteiger charge is -2.63. The van der Waals surface area contributed by atoms with Crippen LogP contribution in [0.1, 0.15) is 113 Å². The van der Waals surface area contributed by atoms with Crippen LogP contribution in [0.3, 0.4) is 0 Å². The second-order valence-electron chi connectivity index (χ2n) is 15.5. The van der Waals surface area contributed by atoms with Gasteiger partial charge in [-0.25, -0.2) is 0 Å². The van der Waals surface area contributed by atoms with Crippen LogP contribution >= 0.6 is 0 Å².